The van der Waals surface area contributed by atoms with E-state index in [0.29, 0.717) is 22.3 Å². The highest BCUT2D eigenvalue weighted by Gasteiger charge is 2.27. The zero-order valence-corrected chi connectivity index (χ0v) is 13.8. The summed E-state index contributed by atoms with van der Waals surface area (Å²) in [5.74, 6) is 0.364. The van der Waals surface area contributed by atoms with Crippen LogP contribution in [-0.4, -0.2) is 31.1 Å². The van der Waals surface area contributed by atoms with Crippen molar-refractivity contribution >= 4 is 23.4 Å². The number of hydrogen-bond acceptors (Lipinski definition) is 5. The molecule has 0 unspecified atom stereocenters. The highest BCUT2D eigenvalue weighted by molar-refractivity contribution is 6.32. The fraction of sp³-hybridized carbons (Fsp3) is 0.176. The number of carbonyl (C=O) groups excluding carboxylic acids is 2. The maximum Gasteiger partial charge on any atom is 0.283 e. The van der Waals surface area contributed by atoms with Crippen LogP contribution in [0.15, 0.2) is 48.5 Å². The summed E-state index contributed by atoms with van der Waals surface area (Å²) >= 11 is 5.92. The molecular weight excluding hydrogens is 348 g/mol. The summed E-state index contributed by atoms with van der Waals surface area (Å²) in [6.07, 6.45) is -0.861. The molecule has 8 heteroatoms. The Hall–Kier alpha value is -2.93. The standard InChI is InChI=1S/C17H15ClN2O5/c18-11-5-1-2-6-12(11)24-10-16(21)19-20-17(22)15-9-23-13-7-3-4-8-14(13)25-15/h1-8,15H,9-10H2,(H,19,21)(H,20,22)/t15-/m0/s1. The fourth-order valence-corrected chi connectivity index (χ4v) is 2.29. The second kappa shape index (κ2) is 7.76. The van der Waals surface area contributed by atoms with Crippen LogP contribution >= 0.6 is 11.6 Å². The summed E-state index contributed by atoms with van der Waals surface area (Å²) < 4.78 is 16.3. The van der Waals surface area contributed by atoms with Gasteiger partial charge in [0.05, 0.1) is 5.02 Å². The van der Waals surface area contributed by atoms with Gasteiger partial charge in [0, 0.05) is 0 Å². The number of rotatable bonds is 4. The molecule has 2 N–H and O–H groups in total. The third-order valence-electron chi connectivity index (χ3n) is 3.32. The predicted octanol–water partition coefficient (Wildman–Crippen LogP) is 1.71. The van der Waals surface area contributed by atoms with Gasteiger partial charge in [-0.25, -0.2) is 0 Å². The molecule has 0 radical (unpaired) electrons. The van der Waals surface area contributed by atoms with Crippen molar-refractivity contribution in [2.75, 3.05) is 13.2 Å². The van der Waals surface area contributed by atoms with Gasteiger partial charge >= 0.3 is 0 Å². The number of halogens is 1. The summed E-state index contributed by atoms with van der Waals surface area (Å²) in [4.78, 5) is 23.8. The molecule has 2 aromatic carbocycles. The number of fused-ring (bicyclic) bond motifs is 1. The van der Waals surface area contributed by atoms with Gasteiger partial charge in [-0.05, 0) is 24.3 Å². The molecule has 1 atom stereocenters. The minimum atomic E-state index is -0.861. The SMILES string of the molecule is O=C(COc1ccccc1Cl)NNC(=O)[C@@H]1COc2ccccc2O1. The lowest BCUT2D eigenvalue weighted by Gasteiger charge is -2.25. The third kappa shape index (κ3) is 4.33. The molecule has 1 aliphatic rings. The summed E-state index contributed by atoms with van der Waals surface area (Å²) in [5.41, 5.74) is 4.53. The second-order valence-electron chi connectivity index (χ2n) is 5.12. The Kier molecular flexibility index (Phi) is 5.25. The lowest BCUT2D eigenvalue weighted by Crippen LogP contribution is -2.51. The molecule has 2 aromatic rings. The van der Waals surface area contributed by atoms with Crippen LogP contribution in [0.3, 0.4) is 0 Å². The molecule has 130 valence electrons. The summed E-state index contributed by atoms with van der Waals surface area (Å²) in [7, 11) is 0. The van der Waals surface area contributed by atoms with Gasteiger partial charge in [-0.3, -0.25) is 20.4 Å². The first-order valence-corrected chi connectivity index (χ1v) is 7.86. The molecule has 0 aliphatic carbocycles. The molecule has 1 aliphatic heterocycles. The van der Waals surface area contributed by atoms with Crippen molar-refractivity contribution < 1.29 is 23.8 Å². The number of hydrazine groups is 1. The molecule has 0 bridgehead atoms. The third-order valence-corrected chi connectivity index (χ3v) is 3.63. The van der Waals surface area contributed by atoms with Gasteiger partial charge in [0.15, 0.2) is 18.1 Å². The van der Waals surface area contributed by atoms with E-state index in [1.165, 1.54) is 0 Å². The van der Waals surface area contributed by atoms with Crippen molar-refractivity contribution in [1.29, 1.82) is 0 Å². The molecule has 25 heavy (non-hydrogen) atoms. The molecule has 3 rings (SSSR count). The number of para-hydroxylation sites is 3. The van der Waals surface area contributed by atoms with Crippen molar-refractivity contribution in [2.24, 2.45) is 0 Å². The van der Waals surface area contributed by atoms with Crippen LogP contribution in [0.1, 0.15) is 0 Å². The molecule has 0 saturated carbocycles. The van der Waals surface area contributed by atoms with Crippen molar-refractivity contribution in [3.63, 3.8) is 0 Å². The topological polar surface area (TPSA) is 85.9 Å². The van der Waals surface area contributed by atoms with Gasteiger partial charge in [0.1, 0.15) is 12.4 Å². The minimum absolute atomic E-state index is 0.0504. The van der Waals surface area contributed by atoms with Crippen molar-refractivity contribution in [1.82, 2.24) is 10.9 Å². The Morgan fingerprint density at radius 3 is 2.60 bits per heavy atom. The summed E-state index contributed by atoms with van der Waals surface area (Å²) in [5, 5.41) is 0.394. The van der Waals surface area contributed by atoms with Crippen molar-refractivity contribution in [3.05, 3.63) is 53.6 Å². The van der Waals surface area contributed by atoms with Gasteiger partial charge in [0.2, 0.25) is 6.10 Å². The van der Waals surface area contributed by atoms with E-state index >= 15 is 0 Å². The molecule has 7 nitrogen and oxygen atoms in total. The van der Waals surface area contributed by atoms with Gasteiger partial charge in [0.25, 0.3) is 11.8 Å². The van der Waals surface area contributed by atoms with Crippen LogP contribution in [0, 0.1) is 0 Å². The largest absolute Gasteiger partial charge is 0.485 e. The number of nitrogens with one attached hydrogen (secondary N) is 2. The van der Waals surface area contributed by atoms with E-state index in [0.717, 1.165) is 0 Å². The van der Waals surface area contributed by atoms with E-state index in [1.54, 1.807) is 42.5 Å². The predicted molar refractivity (Wildman–Crippen MR) is 89.6 cm³/mol. The van der Waals surface area contributed by atoms with E-state index in [4.69, 9.17) is 25.8 Å². The Labute approximate surface area is 148 Å². The summed E-state index contributed by atoms with van der Waals surface area (Å²) in [6.45, 7) is -0.246. The zero-order valence-electron chi connectivity index (χ0n) is 13.0. The van der Waals surface area contributed by atoms with Crippen molar-refractivity contribution in [3.8, 4) is 17.2 Å². The molecular formula is C17H15ClN2O5. The Morgan fingerprint density at radius 2 is 1.80 bits per heavy atom. The van der Waals surface area contributed by atoms with E-state index in [9.17, 15) is 9.59 Å². The van der Waals surface area contributed by atoms with E-state index in [1.807, 2.05) is 6.07 Å². The van der Waals surface area contributed by atoms with E-state index < -0.39 is 17.9 Å². The second-order valence-corrected chi connectivity index (χ2v) is 5.53. The number of benzene rings is 2. The van der Waals surface area contributed by atoms with Crippen LogP contribution in [0.4, 0.5) is 0 Å². The highest BCUT2D eigenvalue weighted by atomic mass is 35.5. The monoisotopic (exact) mass is 362 g/mol. The molecule has 0 spiro atoms. The van der Waals surface area contributed by atoms with Crippen molar-refractivity contribution in [2.45, 2.75) is 6.10 Å². The number of hydrogen-bond donors (Lipinski definition) is 2. The number of ether oxygens (including phenoxy) is 3. The lowest BCUT2D eigenvalue weighted by atomic mass is 10.2. The first-order chi connectivity index (χ1) is 12.1. The maximum atomic E-state index is 12.0. The maximum absolute atomic E-state index is 12.0. The average Bonchev–Trinajstić information content (AvgIpc) is 2.65. The molecule has 0 saturated heterocycles. The van der Waals surface area contributed by atoms with E-state index in [2.05, 4.69) is 10.9 Å². The zero-order chi connectivity index (χ0) is 17.6. The van der Waals surface area contributed by atoms with Gasteiger partial charge in [-0.1, -0.05) is 35.9 Å². The minimum Gasteiger partial charge on any atom is -0.485 e. The fourth-order valence-electron chi connectivity index (χ4n) is 2.10. The van der Waals surface area contributed by atoms with Crippen LogP contribution in [0.25, 0.3) is 0 Å². The van der Waals surface area contributed by atoms with Crippen LogP contribution in [0.5, 0.6) is 17.2 Å². The number of amides is 2. The number of carbonyl (C=O) groups is 2. The quantitative estimate of drug-likeness (QED) is 0.809. The Balaban J connectivity index is 1.45. The van der Waals surface area contributed by atoms with E-state index in [-0.39, 0.29) is 13.2 Å². The first-order valence-electron chi connectivity index (χ1n) is 7.48. The smallest absolute Gasteiger partial charge is 0.283 e. The van der Waals surface area contributed by atoms with Gasteiger partial charge < -0.3 is 14.2 Å². The molecule has 2 amide bonds. The Bertz CT molecular complexity index is 783. The molecule has 0 fully saturated rings. The van der Waals surface area contributed by atoms with Crippen LogP contribution in [0.2, 0.25) is 5.02 Å². The molecule has 1 heterocycles. The Morgan fingerprint density at radius 1 is 1.08 bits per heavy atom. The van der Waals surface area contributed by atoms with Gasteiger partial charge in [-0.15, -0.1) is 0 Å². The summed E-state index contributed by atoms with van der Waals surface area (Å²) in [6, 6.07) is 13.8. The lowest BCUT2D eigenvalue weighted by molar-refractivity contribution is -0.135. The normalized spacial score (nSPS) is 15.2. The first kappa shape index (κ1) is 16.9. The van der Waals surface area contributed by atoms with Gasteiger partial charge in [-0.2, -0.15) is 0 Å². The van der Waals surface area contributed by atoms with Crippen LogP contribution < -0.4 is 25.1 Å². The average molecular weight is 363 g/mol. The van der Waals surface area contributed by atoms with Crippen LogP contribution in [-0.2, 0) is 9.59 Å². The highest BCUT2D eigenvalue weighted by Crippen LogP contribution is 2.30. The molecule has 0 aromatic heterocycles.